The first kappa shape index (κ1) is 28.5. The Labute approximate surface area is 243 Å². The fraction of sp³-hybridized carbons (Fsp3) is 0.483. The molecule has 0 spiro atoms. The van der Waals surface area contributed by atoms with Crippen molar-refractivity contribution in [3.8, 4) is 11.4 Å². The second-order valence-electron chi connectivity index (χ2n) is 11.8. The summed E-state index contributed by atoms with van der Waals surface area (Å²) in [6.07, 6.45) is 6.47. The number of alkyl halides is 2. The molecule has 1 aliphatic carbocycles. The lowest BCUT2D eigenvalue weighted by Gasteiger charge is -2.30. The molecule has 1 amide bonds. The highest BCUT2D eigenvalue weighted by molar-refractivity contribution is 7.92. The highest BCUT2D eigenvalue weighted by Crippen LogP contribution is 2.38. The smallest absolute Gasteiger partial charge is 0.329 e. The van der Waals surface area contributed by atoms with Crippen LogP contribution in [-0.4, -0.2) is 70.1 Å². The van der Waals surface area contributed by atoms with E-state index in [1.807, 2.05) is 27.3 Å². The van der Waals surface area contributed by atoms with Crippen molar-refractivity contribution < 1.29 is 22.0 Å². The van der Waals surface area contributed by atoms with E-state index in [0.717, 1.165) is 43.3 Å². The third kappa shape index (κ3) is 5.24. The highest BCUT2D eigenvalue weighted by atomic mass is 32.2. The molecular formula is C29H35F2N7O3S. The van der Waals surface area contributed by atoms with Crippen molar-refractivity contribution in [2.75, 3.05) is 23.7 Å². The lowest BCUT2D eigenvalue weighted by Crippen LogP contribution is -2.45. The SMILES string of the molecule is CC(C)c1c(-c2cc3ccc(N(C(F)F)S(C)(=O)=O)nc3n2CC2CC2)nc2cc(C(=O)N3CCC[C@@H](N)C3)ccn12. The molecule has 42 heavy (non-hydrogen) atoms. The molecule has 1 saturated heterocycles. The lowest BCUT2D eigenvalue weighted by molar-refractivity contribution is 0.0708. The number of hydrogen-bond donors (Lipinski definition) is 1. The third-order valence-electron chi connectivity index (χ3n) is 8.07. The van der Waals surface area contributed by atoms with Gasteiger partial charge >= 0.3 is 6.55 Å². The molecule has 2 aliphatic rings. The molecule has 224 valence electrons. The van der Waals surface area contributed by atoms with Crippen molar-refractivity contribution >= 4 is 38.4 Å². The van der Waals surface area contributed by atoms with Crippen molar-refractivity contribution in [1.29, 1.82) is 0 Å². The molecule has 4 aromatic rings. The standard InChI is InChI=1S/C29H35F2N7O3S/c1-17(2)26-25(33-24-14-20(10-12-36(24)26)28(39)35-11-4-5-21(32)16-35)22-13-19-8-9-23(38(29(30)31)42(3,40)41)34-27(19)37(22)15-18-6-7-18/h8-10,12-14,17-18,21,29H,4-7,11,15-16,32H2,1-3H3/t21-/m1/s1. The summed E-state index contributed by atoms with van der Waals surface area (Å²) in [4.78, 5) is 24.6. The molecule has 5 heterocycles. The maximum Gasteiger partial charge on any atom is 0.329 e. The van der Waals surface area contributed by atoms with Gasteiger partial charge in [-0.05, 0) is 67.9 Å². The summed E-state index contributed by atoms with van der Waals surface area (Å²) >= 11 is 0. The zero-order valence-electron chi connectivity index (χ0n) is 23.9. The number of anilines is 1. The number of imidazole rings is 1. The number of nitrogens with two attached hydrogens (primary N) is 1. The summed E-state index contributed by atoms with van der Waals surface area (Å²) < 4.78 is 56.0. The van der Waals surface area contributed by atoms with Crippen molar-refractivity contribution in [3.05, 3.63) is 47.8 Å². The van der Waals surface area contributed by atoms with Gasteiger partial charge in [0.1, 0.15) is 22.8 Å². The number of aromatic nitrogens is 4. The van der Waals surface area contributed by atoms with Crippen LogP contribution in [0, 0.1) is 5.92 Å². The molecule has 4 aromatic heterocycles. The van der Waals surface area contributed by atoms with E-state index in [0.29, 0.717) is 53.5 Å². The number of sulfonamides is 1. The number of nitrogens with zero attached hydrogens (tertiary/aromatic N) is 6. The Balaban J connectivity index is 1.49. The Morgan fingerprint density at radius 2 is 1.90 bits per heavy atom. The minimum atomic E-state index is -4.25. The predicted octanol–water partition coefficient (Wildman–Crippen LogP) is 4.44. The number of carbonyl (C=O) groups excluding carboxylic acids is 1. The topological polar surface area (TPSA) is 119 Å². The largest absolute Gasteiger partial charge is 0.337 e. The number of carbonyl (C=O) groups is 1. The van der Waals surface area contributed by atoms with Crippen molar-refractivity contribution in [3.63, 3.8) is 0 Å². The van der Waals surface area contributed by atoms with Crippen molar-refractivity contribution in [2.24, 2.45) is 11.7 Å². The molecule has 10 nitrogen and oxygen atoms in total. The van der Waals surface area contributed by atoms with Crippen molar-refractivity contribution in [1.82, 2.24) is 23.8 Å². The van der Waals surface area contributed by atoms with Gasteiger partial charge < -0.3 is 19.6 Å². The van der Waals surface area contributed by atoms with Gasteiger partial charge in [0, 0.05) is 42.8 Å². The molecule has 0 aromatic carbocycles. The van der Waals surface area contributed by atoms with Gasteiger partial charge in [-0.1, -0.05) is 13.8 Å². The number of hydrogen-bond acceptors (Lipinski definition) is 6. The molecule has 13 heteroatoms. The van der Waals surface area contributed by atoms with E-state index in [1.54, 1.807) is 17.0 Å². The van der Waals surface area contributed by atoms with Gasteiger partial charge in [0.25, 0.3) is 5.91 Å². The molecule has 0 radical (unpaired) electrons. The minimum Gasteiger partial charge on any atom is -0.337 e. The van der Waals surface area contributed by atoms with Crippen LogP contribution in [-0.2, 0) is 16.6 Å². The fourth-order valence-corrected chi connectivity index (χ4v) is 6.64. The zero-order chi connectivity index (χ0) is 29.9. The zero-order valence-corrected chi connectivity index (χ0v) is 24.7. The van der Waals surface area contributed by atoms with Crippen LogP contribution >= 0.6 is 0 Å². The average molecular weight is 600 g/mol. The second-order valence-corrected chi connectivity index (χ2v) is 13.7. The fourth-order valence-electron chi connectivity index (χ4n) is 5.91. The Hall–Kier alpha value is -3.58. The predicted molar refractivity (Wildman–Crippen MR) is 157 cm³/mol. The number of rotatable bonds is 8. The monoisotopic (exact) mass is 599 g/mol. The van der Waals surface area contributed by atoms with Gasteiger partial charge in [-0.15, -0.1) is 0 Å². The first-order valence-electron chi connectivity index (χ1n) is 14.3. The number of amides is 1. The average Bonchev–Trinajstić information content (AvgIpc) is 3.55. The van der Waals surface area contributed by atoms with E-state index in [1.165, 1.54) is 6.07 Å². The number of pyridine rings is 2. The van der Waals surface area contributed by atoms with E-state index >= 15 is 0 Å². The summed E-state index contributed by atoms with van der Waals surface area (Å²) in [5, 5.41) is 0.696. The number of halogens is 2. The summed E-state index contributed by atoms with van der Waals surface area (Å²) in [5.74, 6) is 0.0661. The van der Waals surface area contributed by atoms with Gasteiger partial charge in [0.15, 0.2) is 0 Å². The summed E-state index contributed by atoms with van der Waals surface area (Å²) in [5.41, 5.74) is 10.1. The van der Waals surface area contributed by atoms with Crippen LogP contribution in [0.4, 0.5) is 14.6 Å². The Morgan fingerprint density at radius 1 is 1.14 bits per heavy atom. The molecule has 0 bridgehead atoms. The normalized spacial score (nSPS) is 18.1. The van der Waals surface area contributed by atoms with Crippen LogP contribution in [0.5, 0.6) is 0 Å². The van der Waals surface area contributed by atoms with E-state index in [9.17, 15) is 22.0 Å². The van der Waals surface area contributed by atoms with Crippen molar-refractivity contribution in [2.45, 2.75) is 64.6 Å². The molecule has 1 atom stereocenters. The molecule has 2 fully saturated rings. The molecule has 0 unspecified atom stereocenters. The molecule has 1 saturated carbocycles. The maximum atomic E-state index is 13.8. The van der Waals surface area contributed by atoms with Gasteiger partial charge in [-0.25, -0.2) is 18.4 Å². The van der Waals surface area contributed by atoms with Crippen LogP contribution in [0.25, 0.3) is 28.1 Å². The van der Waals surface area contributed by atoms with Gasteiger partial charge in [-0.2, -0.15) is 13.1 Å². The quantitative estimate of drug-likeness (QED) is 0.299. The van der Waals surface area contributed by atoms with Crippen LogP contribution in [0.3, 0.4) is 0 Å². The Morgan fingerprint density at radius 3 is 2.55 bits per heavy atom. The van der Waals surface area contributed by atoms with E-state index in [4.69, 9.17) is 10.7 Å². The van der Waals surface area contributed by atoms with E-state index in [-0.39, 0.29) is 28.0 Å². The summed E-state index contributed by atoms with van der Waals surface area (Å²) in [6.45, 7) is 2.68. The Kier molecular flexibility index (Phi) is 7.20. The van der Waals surface area contributed by atoms with Crippen LogP contribution in [0.15, 0.2) is 36.5 Å². The van der Waals surface area contributed by atoms with Crippen LogP contribution in [0.2, 0.25) is 0 Å². The molecule has 6 rings (SSSR count). The molecule has 2 N–H and O–H groups in total. The van der Waals surface area contributed by atoms with E-state index < -0.39 is 16.6 Å². The minimum absolute atomic E-state index is 0.0234. The first-order valence-corrected chi connectivity index (χ1v) is 16.1. The number of piperidine rings is 1. The molecule has 1 aliphatic heterocycles. The summed E-state index contributed by atoms with van der Waals surface area (Å²) in [7, 11) is -4.25. The van der Waals surface area contributed by atoms with Gasteiger partial charge in [0.05, 0.1) is 17.6 Å². The third-order valence-corrected chi connectivity index (χ3v) is 9.13. The van der Waals surface area contributed by atoms with Crippen LogP contribution < -0.4 is 10.0 Å². The van der Waals surface area contributed by atoms with Gasteiger partial charge in [0.2, 0.25) is 10.0 Å². The number of likely N-dealkylation sites (tertiary alicyclic amines) is 1. The lowest BCUT2D eigenvalue weighted by atomic mass is 10.1. The summed E-state index contributed by atoms with van der Waals surface area (Å²) in [6, 6.07) is 8.44. The first-order chi connectivity index (χ1) is 19.9. The van der Waals surface area contributed by atoms with E-state index in [2.05, 4.69) is 18.8 Å². The molecular weight excluding hydrogens is 564 g/mol. The van der Waals surface area contributed by atoms with Crippen LogP contribution in [0.1, 0.15) is 61.5 Å². The number of fused-ring (bicyclic) bond motifs is 2. The maximum absolute atomic E-state index is 13.8. The van der Waals surface area contributed by atoms with Gasteiger partial charge in [-0.3, -0.25) is 4.79 Å². The highest BCUT2D eigenvalue weighted by Gasteiger charge is 2.31. The Bertz CT molecular complexity index is 1780. The second kappa shape index (κ2) is 10.6.